The highest BCUT2D eigenvalue weighted by Crippen LogP contribution is 2.19. The molecule has 0 fully saturated rings. The fourth-order valence-electron chi connectivity index (χ4n) is 2.22. The van der Waals surface area contributed by atoms with Gasteiger partial charge >= 0.3 is 0 Å². The van der Waals surface area contributed by atoms with E-state index in [0.717, 1.165) is 42.3 Å². The topological polar surface area (TPSA) is 37.8 Å². The van der Waals surface area contributed by atoms with Gasteiger partial charge in [-0.2, -0.15) is 0 Å². The molecular formula is C17H23N3. The highest BCUT2D eigenvalue weighted by molar-refractivity contribution is 5.59. The summed E-state index contributed by atoms with van der Waals surface area (Å²) in [5, 5.41) is 3.27. The van der Waals surface area contributed by atoms with E-state index in [1.54, 1.807) is 0 Å². The molecule has 1 aromatic carbocycles. The van der Waals surface area contributed by atoms with Gasteiger partial charge in [0.1, 0.15) is 5.82 Å². The average molecular weight is 269 g/mol. The lowest BCUT2D eigenvalue weighted by atomic mass is 10.1. The molecule has 0 bridgehead atoms. The molecule has 0 atom stereocenters. The van der Waals surface area contributed by atoms with Crippen LogP contribution in [0.4, 0.5) is 0 Å². The van der Waals surface area contributed by atoms with Crippen LogP contribution in [-0.4, -0.2) is 16.5 Å². The van der Waals surface area contributed by atoms with Crippen LogP contribution in [0, 0.1) is 6.92 Å². The summed E-state index contributed by atoms with van der Waals surface area (Å²) in [5.41, 5.74) is 4.57. The first kappa shape index (κ1) is 14.7. The number of rotatable bonds is 6. The van der Waals surface area contributed by atoms with Crippen LogP contribution in [0.2, 0.25) is 0 Å². The van der Waals surface area contributed by atoms with E-state index in [2.05, 4.69) is 53.4 Å². The number of hydrogen-bond acceptors (Lipinski definition) is 3. The molecule has 0 aliphatic carbocycles. The summed E-state index contributed by atoms with van der Waals surface area (Å²) in [4.78, 5) is 9.11. The minimum atomic E-state index is 0.721. The molecule has 1 heterocycles. The van der Waals surface area contributed by atoms with Crippen molar-refractivity contribution in [2.75, 3.05) is 6.54 Å². The Hall–Kier alpha value is -1.74. The molecule has 2 aromatic rings. The molecule has 0 aliphatic heterocycles. The molecule has 0 radical (unpaired) electrons. The van der Waals surface area contributed by atoms with Crippen molar-refractivity contribution < 1.29 is 0 Å². The summed E-state index contributed by atoms with van der Waals surface area (Å²) in [6, 6.07) is 10.7. The van der Waals surface area contributed by atoms with Crippen LogP contribution in [0.1, 0.15) is 37.4 Å². The number of benzene rings is 1. The Bertz CT molecular complexity index is 547. The summed E-state index contributed by atoms with van der Waals surface area (Å²) in [6.07, 6.45) is 2.31. The van der Waals surface area contributed by atoms with Gasteiger partial charge in [-0.25, -0.2) is 9.97 Å². The summed E-state index contributed by atoms with van der Waals surface area (Å²) < 4.78 is 0. The van der Waals surface area contributed by atoms with Gasteiger partial charge in [0.15, 0.2) is 0 Å². The van der Waals surface area contributed by atoms with E-state index < -0.39 is 0 Å². The van der Waals surface area contributed by atoms with Gasteiger partial charge in [0, 0.05) is 11.3 Å². The highest BCUT2D eigenvalue weighted by atomic mass is 15.0. The lowest BCUT2D eigenvalue weighted by Crippen LogP contribution is -2.15. The number of hydrogen-bond donors (Lipinski definition) is 1. The maximum atomic E-state index is 4.64. The third-order valence-electron chi connectivity index (χ3n) is 3.22. The molecule has 3 heteroatoms. The van der Waals surface area contributed by atoms with Crippen LogP contribution in [0.5, 0.6) is 0 Å². The average Bonchev–Trinajstić information content (AvgIpc) is 2.46. The predicted octanol–water partition coefficient (Wildman–Crippen LogP) is 3.51. The number of nitrogens with one attached hydrogen (secondary N) is 1. The van der Waals surface area contributed by atoms with E-state index in [9.17, 15) is 0 Å². The first-order valence-electron chi connectivity index (χ1n) is 7.37. The van der Waals surface area contributed by atoms with Crippen LogP contribution in [0.25, 0.3) is 11.3 Å². The quantitative estimate of drug-likeness (QED) is 0.872. The van der Waals surface area contributed by atoms with Crippen molar-refractivity contribution in [2.24, 2.45) is 0 Å². The number of nitrogens with zero attached hydrogens (tertiary/aromatic N) is 2. The normalized spacial score (nSPS) is 10.8. The molecule has 20 heavy (non-hydrogen) atoms. The van der Waals surface area contributed by atoms with Gasteiger partial charge in [-0.15, -0.1) is 0 Å². The van der Waals surface area contributed by atoms with Crippen LogP contribution in [0.3, 0.4) is 0 Å². The van der Waals surface area contributed by atoms with Gasteiger partial charge in [-0.3, -0.25) is 0 Å². The minimum Gasteiger partial charge on any atom is -0.310 e. The second kappa shape index (κ2) is 7.15. The summed E-state index contributed by atoms with van der Waals surface area (Å²) in [7, 11) is 0. The Morgan fingerprint density at radius 3 is 2.45 bits per heavy atom. The fraction of sp³-hybridized carbons (Fsp3) is 0.412. The third kappa shape index (κ3) is 3.87. The van der Waals surface area contributed by atoms with Crippen LogP contribution >= 0.6 is 0 Å². The molecule has 1 aromatic heterocycles. The summed E-state index contributed by atoms with van der Waals surface area (Å²) >= 11 is 0. The van der Waals surface area contributed by atoms with Crippen molar-refractivity contribution in [3.63, 3.8) is 0 Å². The van der Waals surface area contributed by atoms with Gasteiger partial charge in [0.05, 0.1) is 12.2 Å². The van der Waals surface area contributed by atoms with Crippen molar-refractivity contribution in [1.82, 2.24) is 15.3 Å². The van der Waals surface area contributed by atoms with Gasteiger partial charge in [0.2, 0.25) is 0 Å². The Kier molecular flexibility index (Phi) is 5.24. The molecule has 106 valence electrons. The van der Waals surface area contributed by atoms with Gasteiger partial charge < -0.3 is 5.32 Å². The van der Waals surface area contributed by atoms with Crippen molar-refractivity contribution >= 4 is 0 Å². The Morgan fingerprint density at radius 1 is 1.05 bits per heavy atom. The highest BCUT2D eigenvalue weighted by Gasteiger charge is 2.04. The maximum Gasteiger partial charge on any atom is 0.143 e. The van der Waals surface area contributed by atoms with E-state index >= 15 is 0 Å². The van der Waals surface area contributed by atoms with Gasteiger partial charge in [0.25, 0.3) is 0 Å². The van der Waals surface area contributed by atoms with Gasteiger partial charge in [-0.05, 0) is 31.5 Å². The monoisotopic (exact) mass is 269 g/mol. The fourth-order valence-corrected chi connectivity index (χ4v) is 2.22. The summed E-state index contributed by atoms with van der Waals surface area (Å²) in [5.74, 6) is 0.861. The predicted molar refractivity (Wildman–Crippen MR) is 83.6 cm³/mol. The minimum absolute atomic E-state index is 0.721. The van der Waals surface area contributed by atoms with E-state index in [4.69, 9.17) is 0 Å². The molecule has 1 N–H and O–H groups in total. The molecule has 0 saturated carbocycles. The number of aromatic nitrogens is 2. The Morgan fingerprint density at radius 2 is 1.80 bits per heavy atom. The molecule has 0 saturated heterocycles. The molecular weight excluding hydrogens is 246 g/mol. The largest absolute Gasteiger partial charge is 0.310 e. The zero-order chi connectivity index (χ0) is 14.4. The third-order valence-corrected chi connectivity index (χ3v) is 3.22. The van der Waals surface area contributed by atoms with Crippen molar-refractivity contribution in [3.8, 4) is 11.3 Å². The molecule has 3 nitrogen and oxygen atoms in total. The van der Waals surface area contributed by atoms with E-state index in [1.807, 2.05) is 13.0 Å². The van der Waals surface area contributed by atoms with E-state index in [1.165, 1.54) is 12.0 Å². The first-order valence-corrected chi connectivity index (χ1v) is 7.37. The molecule has 0 amide bonds. The second-order valence-electron chi connectivity index (χ2n) is 5.04. The van der Waals surface area contributed by atoms with Gasteiger partial charge in [-0.1, -0.05) is 44.5 Å². The van der Waals surface area contributed by atoms with Crippen molar-refractivity contribution in [1.29, 1.82) is 0 Å². The SMILES string of the molecule is CCCc1ccc(-c2cc(C)nc(CNCC)n2)cc1. The lowest BCUT2D eigenvalue weighted by Gasteiger charge is -2.07. The lowest BCUT2D eigenvalue weighted by molar-refractivity contribution is 0.688. The van der Waals surface area contributed by atoms with Crippen LogP contribution < -0.4 is 5.32 Å². The molecule has 0 aliphatic rings. The van der Waals surface area contributed by atoms with Crippen molar-refractivity contribution in [3.05, 3.63) is 47.4 Å². The Labute approximate surface area is 121 Å². The number of aryl methyl sites for hydroxylation is 2. The summed E-state index contributed by atoms with van der Waals surface area (Å²) in [6.45, 7) is 7.96. The van der Waals surface area contributed by atoms with Crippen LogP contribution in [-0.2, 0) is 13.0 Å². The molecule has 0 unspecified atom stereocenters. The van der Waals surface area contributed by atoms with E-state index in [0.29, 0.717) is 0 Å². The Balaban J connectivity index is 2.24. The second-order valence-corrected chi connectivity index (χ2v) is 5.04. The zero-order valence-corrected chi connectivity index (χ0v) is 12.6. The first-order chi connectivity index (χ1) is 9.72. The van der Waals surface area contributed by atoms with Crippen molar-refractivity contribution in [2.45, 2.75) is 40.2 Å². The zero-order valence-electron chi connectivity index (χ0n) is 12.6. The molecule has 0 spiro atoms. The standard InChI is InChI=1S/C17H23N3/c1-4-6-14-7-9-15(10-8-14)16-11-13(3)19-17(20-16)12-18-5-2/h7-11,18H,4-6,12H2,1-3H3. The van der Waals surface area contributed by atoms with Crippen LogP contribution in [0.15, 0.2) is 30.3 Å². The molecule has 2 rings (SSSR count). The smallest absolute Gasteiger partial charge is 0.143 e. The maximum absolute atomic E-state index is 4.64. The van der Waals surface area contributed by atoms with E-state index in [-0.39, 0.29) is 0 Å².